The number of halogens is 1. The van der Waals surface area contributed by atoms with Crippen LogP contribution in [0.25, 0.3) is 21.4 Å². The van der Waals surface area contributed by atoms with E-state index in [4.69, 9.17) is 16.6 Å². The van der Waals surface area contributed by atoms with Gasteiger partial charge < -0.3 is 9.69 Å². The largest absolute Gasteiger partial charge is 0.333 e. The minimum absolute atomic E-state index is 0.481. The Labute approximate surface area is 183 Å². The molecule has 0 fully saturated rings. The highest BCUT2D eigenvalue weighted by Gasteiger charge is 2.28. The number of hydrogen-bond acceptors (Lipinski definition) is 4. The third-order valence-corrected chi connectivity index (χ3v) is 6.53. The van der Waals surface area contributed by atoms with E-state index < -0.39 is 6.04 Å². The quantitative estimate of drug-likeness (QED) is 0.349. The highest BCUT2D eigenvalue weighted by molar-refractivity contribution is 7.19. The number of aromatic nitrogens is 1. The molecule has 30 heavy (non-hydrogen) atoms. The van der Waals surface area contributed by atoms with Crippen LogP contribution in [-0.2, 0) is 4.79 Å². The summed E-state index contributed by atoms with van der Waals surface area (Å²) in [5.41, 5.74) is 4.56. The smallest absolute Gasteiger partial charge is 0.147 e. The van der Waals surface area contributed by atoms with Gasteiger partial charge in [0.1, 0.15) is 17.3 Å². The molecule has 3 aromatic carbocycles. The van der Waals surface area contributed by atoms with Crippen LogP contribution in [0.2, 0.25) is 5.02 Å². The molecule has 3 nitrogen and oxygen atoms in total. The summed E-state index contributed by atoms with van der Waals surface area (Å²) in [5.74, 6) is 0. The summed E-state index contributed by atoms with van der Waals surface area (Å²) in [7, 11) is 0. The van der Waals surface area contributed by atoms with Crippen molar-refractivity contribution in [2.24, 2.45) is 0 Å². The van der Waals surface area contributed by atoms with Gasteiger partial charge in [-0.2, -0.15) is 0 Å². The molecular weight excluding hydrogens is 412 g/mol. The standard InChI is InChI=1S/C25H17ClN2OS/c26-21-11-5-4-10-19(21)20-14-17(25-27-22-12-6-7-13-24(22)30-25)15-28(23(20)16-29)18-8-2-1-3-9-18/h1-16,23H. The van der Waals surface area contributed by atoms with Crippen molar-refractivity contribution in [1.82, 2.24) is 4.98 Å². The third-order valence-electron chi connectivity index (χ3n) is 5.12. The van der Waals surface area contributed by atoms with Crippen molar-refractivity contribution in [3.63, 3.8) is 0 Å². The number of fused-ring (bicyclic) bond motifs is 1. The Hall–Kier alpha value is -3.21. The fraction of sp³-hybridized carbons (Fsp3) is 0.0400. The van der Waals surface area contributed by atoms with Crippen molar-refractivity contribution in [3.05, 3.63) is 107 Å². The van der Waals surface area contributed by atoms with E-state index >= 15 is 0 Å². The minimum atomic E-state index is -0.481. The van der Waals surface area contributed by atoms with Crippen LogP contribution >= 0.6 is 22.9 Å². The van der Waals surface area contributed by atoms with Gasteiger partial charge in [0.05, 0.1) is 10.2 Å². The second-order valence-electron chi connectivity index (χ2n) is 6.97. The zero-order valence-corrected chi connectivity index (χ0v) is 17.5. The number of benzene rings is 3. The van der Waals surface area contributed by atoms with Crippen LogP contribution in [0.4, 0.5) is 5.69 Å². The number of carbonyl (C=O) groups excluding carboxylic acids is 1. The van der Waals surface area contributed by atoms with E-state index in [9.17, 15) is 4.79 Å². The number of anilines is 1. The molecule has 1 aliphatic rings. The Morgan fingerprint density at radius 1 is 0.933 bits per heavy atom. The van der Waals surface area contributed by atoms with Gasteiger partial charge in [0.15, 0.2) is 0 Å². The number of aldehydes is 1. The summed E-state index contributed by atoms with van der Waals surface area (Å²) in [4.78, 5) is 19.1. The second-order valence-corrected chi connectivity index (χ2v) is 8.41. The van der Waals surface area contributed by atoms with E-state index in [1.807, 2.05) is 90.0 Å². The lowest BCUT2D eigenvalue weighted by atomic mass is 9.92. The lowest BCUT2D eigenvalue weighted by Gasteiger charge is -2.33. The molecule has 0 spiro atoms. The second kappa shape index (κ2) is 7.90. The zero-order valence-electron chi connectivity index (χ0n) is 15.9. The number of carbonyl (C=O) groups is 1. The molecule has 1 aliphatic heterocycles. The van der Waals surface area contributed by atoms with Gasteiger partial charge in [-0.1, -0.05) is 60.1 Å². The summed E-state index contributed by atoms with van der Waals surface area (Å²) in [6.45, 7) is 0. The molecule has 146 valence electrons. The Bertz CT molecular complexity index is 1260. The van der Waals surface area contributed by atoms with Crippen LogP contribution in [0.3, 0.4) is 0 Å². The highest BCUT2D eigenvalue weighted by Crippen LogP contribution is 2.38. The molecule has 5 heteroatoms. The maximum atomic E-state index is 12.3. The minimum Gasteiger partial charge on any atom is -0.333 e. The number of nitrogens with zero attached hydrogens (tertiary/aromatic N) is 2. The van der Waals surface area contributed by atoms with Crippen molar-refractivity contribution < 1.29 is 4.79 Å². The van der Waals surface area contributed by atoms with E-state index in [0.29, 0.717) is 5.02 Å². The number of allylic oxidation sites excluding steroid dienone is 2. The van der Waals surface area contributed by atoms with Crippen molar-refractivity contribution in [2.75, 3.05) is 4.90 Å². The topological polar surface area (TPSA) is 33.2 Å². The molecule has 0 N–H and O–H groups in total. The first-order valence-electron chi connectivity index (χ1n) is 9.57. The van der Waals surface area contributed by atoms with Gasteiger partial charge in [0.25, 0.3) is 0 Å². The van der Waals surface area contributed by atoms with Gasteiger partial charge in [-0.25, -0.2) is 4.98 Å². The Morgan fingerprint density at radius 2 is 1.67 bits per heavy atom. The first kappa shape index (κ1) is 18.8. The first-order valence-corrected chi connectivity index (χ1v) is 10.8. The van der Waals surface area contributed by atoms with Crippen LogP contribution in [0, 0.1) is 0 Å². The molecule has 0 bridgehead atoms. The van der Waals surface area contributed by atoms with E-state index in [1.165, 1.54) is 0 Å². The van der Waals surface area contributed by atoms with Crippen LogP contribution in [0.1, 0.15) is 10.6 Å². The van der Waals surface area contributed by atoms with Gasteiger partial charge in [0, 0.05) is 22.5 Å². The van der Waals surface area contributed by atoms with E-state index in [-0.39, 0.29) is 0 Å². The molecule has 1 aromatic heterocycles. The average Bonchev–Trinajstić information content (AvgIpc) is 3.23. The highest BCUT2D eigenvalue weighted by atomic mass is 35.5. The molecule has 0 saturated carbocycles. The summed E-state index contributed by atoms with van der Waals surface area (Å²) >= 11 is 8.16. The molecule has 1 atom stereocenters. The fourth-order valence-corrected chi connectivity index (χ4v) is 4.88. The number of hydrogen-bond donors (Lipinski definition) is 0. The molecule has 1 unspecified atom stereocenters. The molecule has 0 radical (unpaired) electrons. The first-order chi connectivity index (χ1) is 14.7. The van der Waals surface area contributed by atoms with Gasteiger partial charge in [-0.15, -0.1) is 11.3 Å². The molecule has 0 aliphatic carbocycles. The summed E-state index contributed by atoms with van der Waals surface area (Å²) in [6.07, 6.45) is 5.01. The molecule has 0 amide bonds. The zero-order chi connectivity index (χ0) is 20.5. The third kappa shape index (κ3) is 3.34. The van der Waals surface area contributed by atoms with Crippen molar-refractivity contribution in [1.29, 1.82) is 0 Å². The maximum absolute atomic E-state index is 12.3. The Balaban J connectivity index is 1.71. The van der Waals surface area contributed by atoms with Crippen molar-refractivity contribution in [3.8, 4) is 0 Å². The van der Waals surface area contributed by atoms with E-state index in [1.54, 1.807) is 11.3 Å². The SMILES string of the molecule is O=CC1C(c2ccccc2Cl)=CC(c2nc3ccccc3s2)=CN1c1ccccc1. The van der Waals surface area contributed by atoms with E-state index in [2.05, 4.69) is 6.07 Å². The maximum Gasteiger partial charge on any atom is 0.147 e. The van der Waals surface area contributed by atoms with Crippen molar-refractivity contribution >= 4 is 56.3 Å². The molecule has 0 saturated heterocycles. The summed E-state index contributed by atoms with van der Waals surface area (Å²) in [6, 6.07) is 25.1. The molecular formula is C25H17ClN2OS. The van der Waals surface area contributed by atoms with E-state index in [0.717, 1.165) is 43.9 Å². The van der Waals surface area contributed by atoms with Crippen LogP contribution in [-0.4, -0.2) is 17.3 Å². The molecule has 5 rings (SSSR count). The van der Waals surface area contributed by atoms with Gasteiger partial charge >= 0.3 is 0 Å². The van der Waals surface area contributed by atoms with Crippen molar-refractivity contribution in [2.45, 2.75) is 6.04 Å². The normalized spacial score (nSPS) is 16.3. The number of rotatable bonds is 4. The monoisotopic (exact) mass is 428 g/mol. The Kier molecular flexibility index (Phi) is 4.95. The average molecular weight is 429 g/mol. The summed E-state index contributed by atoms with van der Waals surface area (Å²) < 4.78 is 1.13. The molecule has 2 heterocycles. The van der Waals surface area contributed by atoms with Gasteiger partial charge in [-0.3, -0.25) is 0 Å². The predicted octanol–water partition coefficient (Wildman–Crippen LogP) is 6.46. The number of para-hydroxylation sites is 2. The summed E-state index contributed by atoms with van der Waals surface area (Å²) in [5, 5.41) is 1.53. The van der Waals surface area contributed by atoms with Gasteiger partial charge in [0.2, 0.25) is 0 Å². The van der Waals surface area contributed by atoms with Crippen LogP contribution in [0.15, 0.2) is 91.1 Å². The molecule has 4 aromatic rings. The number of thiazole rings is 1. The predicted molar refractivity (Wildman–Crippen MR) is 126 cm³/mol. The lowest BCUT2D eigenvalue weighted by Crippen LogP contribution is -2.35. The van der Waals surface area contributed by atoms with Gasteiger partial charge in [-0.05, 0) is 47.5 Å². The fourth-order valence-electron chi connectivity index (χ4n) is 3.69. The van der Waals surface area contributed by atoms with Crippen LogP contribution < -0.4 is 4.90 Å². The lowest BCUT2D eigenvalue weighted by molar-refractivity contribution is -0.107. The Morgan fingerprint density at radius 3 is 2.43 bits per heavy atom. The van der Waals surface area contributed by atoms with Crippen LogP contribution in [0.5, 0.6) is 0 Å².